The second-order valence-electron chi connectivity index (χ2n) is 4.58. The van der Waals surface area contributed by atoms with Crippen LogP contribution in [-0.4, -0.2) is 39.0 Å². The monoisotopic (exact) mass is 255 g/mol. The van der Waals surface area contributed by atoms with Gasteiger partial charge in [-0.25, -0.2) is 0 Å². The molecule has 3 nitrogen and oxygen atoms in total. The summed E-state index contributed by atoms with van der Waals surface area (Å²) in [6.07, 6.45) is 0. The molecule has 0 bridgehead atoms. The van der Waals surface area contributed by atoms with Crippen molar-refractivity contribution in [2.45, 2.75) is 6.04 Å². The van der Waals surface area contributed by atoms with E-state index in [0.29, 0.717) is 18.8 Å². The molecule has 1 aliphatic heterocycles. The first kappa shape index (κ1) is 12.8. The zero-order valence-corrected chi connectivity index (χ0v) is 11.0. The Hall–Kier alpha value is -0.610. The molecule has 0 aromatic heterocycles. The van der Waals surface area contributed by atoms with Crippen LogP contribution in [0.15, 0.2) is 24.3 Å². The van der Waals surface area contributed by atoms with E-state index in [1.54, 1.807) is 0 Å². The van der Waals surface area contributed by atoms with E-state index in [1.807, 2.05) is 12.1 Å². The molecule has 1 aliphatic rings. The number of hydrogen-bond acceptors (Lipinski definition) is 3. The van der Waals surface area contributed by atoms with E-state index in [2.05, 4.69) is 31.1 Å². The summed E-state index contributed by atoms with van der Waals surface area (Å²) < 4.78 is 10.8. The molecule has 0 saturated carbocycles. The van der Waals surface area contributed by atoms with Crippen molar-refractivity contribution in [2.24, 2.45) is 5.92 Å². The molecule has 0 spiro atoms. The Morgan fingerprint density at radius 1 is 1.18 bits per heavy atom. The molecule has 94 valence electrons. The number of hydrogen-bond donors (Lipinski definition) is 0. The minimum absolute atomic E-state index is 0.299. The lowest BCUT2D eigenvalue weighted by atomic mass is 9.93. The average molecular weight is 256 g/mol. The summed E-state index contributed by atoms with van der Waals surface area (Å²) in [5.41, 5.74) is 1.25. The van der Waals surface area contributed by atoms with Gasteiger partial charge in [-0.1, -0.05) is 23.7 Å². The van der Waals surface area contributed by atoms with E-state index in [-0.39, 0.29) is 0 Å². The zero-order chi connectivity index (χ0) is 12.3. The Labute approximate surface area is 107 Å². The topological polar surface area (TPSA) is 21.7 Å². The first-order valence-electron chi connectivity index (χ1n) is 5.76. The Balaban J connectivity index is 2.18. The van der Waals surface area contributed by atoms with E-state index in [1.165, 1.54) is 5.56 Å². The summed E-state index contributed by atoms with van der Waals surface area (Å²) >= 11 is 5.92. The van der Waals surface area contributed by atoms with Gasteiger partial charge in [0.25, 0.3) is 0 Å². The maximum Gasteiger partial charge on any atom is 0.146 e. The number of nitrogens with zero attached hydrogens (tertiary/aromatic N) is 1. The molecule has 1 aromatic rings. The molecular formula is C13H18ClNO2. The minimum Gasteiger partial charge on any atom is -0.355 e. The summed E-state index contributed by atoms with van der Waals surface area (Å²) in [5, 5.41) is 0.766. The van der Waals surface area contributed by atoms with Gasteiger partial charge < -0.3 is 14.4 Å². The normalized spacial score (nSPS) is 19.5. The third-order valence-electron chi connectivity index (χ3n) is 3.04. The van der Waals surface area contributed by atoms with Gasteiger partial charge in [-0.2, -0.15) is 0 Å². The van der Waals surface area contributed by atoms with Gasteiger partial charge in [0.05, 0.1) is 13.2 Å². The van der Waals surface area contributed by atoms with Gasteiger partial charge in [0, 0.05) is 17.0 Å². The minimum atomic E-state index is 0.299. The number of ether oxygens (including phenoxy) is 2. The van der Waals surface area contributed by atoms with Crippen LogP contribution in [0.4, 0.5) is 0 Å². The fourth-order valence-corrected chi connectivity index (χ4v) is 2.47. The van der Waals surface area contributed by atoms with Crippen molar-refractivity contribution in [1.29, 1.82) is 0 Å². The number of rotatable bonds is 3. The van der Waals surface area contributed by atoms with Gasteiger partial charge in [0.1, 0.15) is 6.79 Å². The van der Waals surface area contributed by atoms with Crippen LogP contribution < -0.4 is 0 Å². The van der Waals surface area contributed by atoms with Crippen molar-refractivity contribution in [3.8, 4) is 0 Å². The van der Waals surface area contributed by atoms with Crippen molar-refractivity contribution >= 4 is 11.6 Å². The quantitative estimate of drug-likeness (QED) is 0.829. The van der Waals surface area contributed by atoms with Crippen LogP contribution in [0.1, 0.15) is 11.6 Å². The Morgan fingerprint density at radius 3 is 2.29 bits per heavy atom. The van der Waals surface area contributed by atoms with Crippen molar-refractivity contribution in [2.75, 3.05) is 34.1 Å². The van der Waals surface area contributed by atoms with Crippen LogP contribution >= 0.6 is 11.6 Å². The van der Waals surface area contributed by atoms with Crippen LogP contribution in [0, 0.1) is 5.92 Å². The Kier molecular flexibility index (Phi) is 4.40. The molecule has 0 aliphatic carbocycles. The van der Waals surface area contributed by atoms with Crippen molar-refractivity contribution in [1.82, 2.24) is 4.90 Å². The summed E-state index contributed by atoms with van der Waals surface area (Å²) in [6, 6.07) is 8.30. The lowest BCUT2D eigenvalue weighted by Crippen LogP contribution is -2.36. The first-order valence-corrected chi connectivity index (χ1v) is 6.13. The van der Waals surface area contributed by atoms with Crippen molar-refractivity contribution in [3.63, 3.8) is 0 Å². The first-order chi connectivity index (χ1) is 8.18. The molecule has 2 rings (SSSR count). The molecule has 1 aromatic carbocycles. The SMILES string of the molecule is CN(C)C(c1ccc(Cl)cc1)C1COCOC1. The molecule has 1 fully saturated rings. The summed E-state index contributed by atoms with van der Waals surface area (Å²) in [6.45, 7) is 1.90. The summed E-state index contributed by atoms with van der Waals surface area (Å²) in [4.78, 5) is 2.20. The van der Waals surface area contributed by atoms with Gasteiger partial charge in [0.15, 0.2) is 0 Å². The summed E-state index contributed by atoms with van der Waals surface area (Å²) in [7, 11) is 4.15. The molecule has 0 radical (unpaired) electrons. The maximum absolute atomic E-state index is 5.92. The highest BCUT2D eigenvalue weighted by molar-refractivity contribution is 6.30. The average Bonchev–Trinajstić information content (AvgIpc) is 2.33. The molecular weight excluding hydrogens is 238 g/mol. The van der Waals surface area contributed by atoms with Gasteiger partial charge in [0.2, 0.25) is 0 Å². The maximum atomic E-state index is 5.92. The van der Waals surface area contributed by atoms with Gasteiger partial charge >= 0.3 is 0 Å². The second kappa shape index (κ2) is 5.83. The van der Waals surface area contributed by atoms with Gasteiger partial charge in [-0.05, 0) is 31.8 Å². The molecule has 1 unspecified atom stereocenters. The zero-order valence-electron chi connectivity index (χ0n) is 10.2. The van der Waals surface area contributed by atoms with E-state index in [9.17, 15) is 0 Å². The highest BCUT2D eigenvalue weighted by Crippen LogP contribution is 2.29. The molecule has 1 heterocycles. The van der Waals surface area contributed by atoms with E-state index in [0.717, 1.165) is 18.2 Å². The molecule has 0 N–H and O–H groups in total. The fourth-order valence-electron chi connectivity index (χ4n) is 2.34. The van der Waals surface area contributed by atoms with Crippen LogP contribution in [0.2, 0.25) is 5.02 Å². The predicted molar refractivity (Wildman–Crippen MR) is 68.1 cm³/mol. The summed E-state index contributed by atoms with van der Waals surface area (Å²) in [5.74, 6) is 0.361. The third kappa shape index (κ3) is 3.19. The molecule has 1 atom stereocenters. The van der Waals surface area contributed by atoms with Crippen LogP contribution in [0.25, 0.3) is 0 Å². The largest absolute Gasteiger partial charge is 0.355 e. The van der Waals surface area contributed by atoms with Crippen molar-refractivity contribution in [3.05, 3.63) is 34.9 Å². The van der Waals surface area contributed by atoms with Crippen LogP contribution in [-0.2, 0) is 9.47 Å². The van der Waals surface area contributed by atoms with E-state index in [4.69, 9.17) is 21.1 Å². The number of benzene rings is 1. The van der Waals surface area contributed by atoms with Crippen LogP contribution in [0.3, 0.4) is 0 Å². The fraction of sp³-hybridized carbons (Fsp3) is 0.538. The molecule has 0 amide bonds. The predicted octanol–water partition coefficient (Wildman–Crippen LogP) is 2.56. The number of halogens is 1. The lowest BCUT2D eigenvalue weighted by Gasteiger charge is -2.34. The van der Waals surface area contributed by atoms with E-state index < -0.39 is 0 Å². The Bertz CT molecular complexity index is 347. The highest BCUT2D eigenvalue weighted by atomic mass is 35.5. The molecule has 4 heteroatoms. The smallest absolute Gasteiger partial charge is 0.146 e. The standard InChI is InChI=1S/C13H18ClNO2/c1-15(2)13(11-7-16-9-17-8-11)10-3-5-12(14)6-4-10/h3-6,11,13H,7-9H2,1-2H3. The van der Waals surface area contributed by atoms with Crippen LogP contribution in [0.5, 0.6) is 0 Å². The second-order valence-corrected chi connectivity index (χ2v) is 5.02. The Morgan fingerprint density at radius 2 is 1.76 bits per heavy atom. The highest BCUT2D eigenvalue weighted by Gasteiger charge is 2.27. The lowest BCUT2D eigenvalue weighted by molar-refractivity contribution is -0.139. The van der Waals surface area contributed by atoms with Gasteiger partial charge in [-0.15, -0.1) is 0 Å². The molecule has 17 heavy (non-hydrogen) atoms. The van der Waals surface area contributed by atoms with E-state index >= 15 is 0 Å². The molecule has 1 saturated heterocycles. The van der Waals surface area contributed by atoms with Gasteiger partial charge in [-0.3, -0.25) is 0 Å². The third-order valence-corrected chi connectivity index (χ3v) is 3.30. The van der Waals surface area contributed by atoms with Crippen molar-refractivity contribution < 1.29 is 9.47 Å².